The number of rotatable bonds is 1. The van der Waals surface area contributed by atoms with E-state index in [4.69, 9.17) is 0 Å². The molecule has 0 saturated heterocycles. The summed E-state index contributed by atoms with van der Waals surface area (Å²) in [4.78, 5) is 12.1. The van der Waals surface area contributed by atoms with E-state index in [1.165, 1.54) is 11.1 Å². The number of carbonyl (C=O) groups is 1. The van der Waals surface area contributed by atoms with E-state index in [2.05, 4.69) is 19.9 Å². The Morgan fingerprint density at radius 1 is 1.37 bits per heavy atom. The van der Waals surface area contributed by atoms with Crippen molar-refractivity contribution in [2.75, 3.05) is 0 Å². The van der Waals surface area contributed by atoms with Gasteiger partial charge in [0.05, 0.1) is 0 Å². The van der Waals surface area contributed by atoms with Gasteiger partial charge in [-0.05, 0) is 60.3 Å². The first-order chi connectivity index (χ1) is 9.06. The molecule has 1 saturated carbocycles. The van der Waals surface area contributed by atoms with E-state index in [1.807, 2.05) is 6.07 Å². The summed E-state index contributed by atoms with van der Waals surface area (Å²) in [6.07, 6.45) is 4.72. The molecule has 2 nitrogen and oxygen atoms in total. The van der Waals surface area contributed by atoms with Crippen molar-refractivity contribution in [3.8, 4) is 5.75 Å². The van der Waals surface area contributed by atoms with E-state index in [9.17, 15) is 9.90 Å². The first kappa shape index (κ1) is 12.7. The lowest BCUT2D eigenvalue weighted by Crippen LogP contribution is -2.47. The topological polar surface area (TPSA) is 37.3 Å². The van der Waals surface area contributed by atoms with Crippen LogP contribution in [0.25, 0.3) is 0 Å². The number of phenolic OH excluding ortho intramolecular Hbond substituents is 1. The van der Waals surface area contributed by atoms with Crippen LogP contribution in [0, 0.1) is 11.8 Å². The standard InChI is InChI=1S/C17H22O2/c1-3-13-15-6-4-11-10-12(18)5-7-14(11)17(15,2)9-8-16(13)19/h5,7,10,13,15,18H,3-4,6,8-9H2,1-2H3. The minimum Gasteiger partial charge on any atom is -0.508 e. The molecule has 3 atom stereocenters. The van der Waals surface area contributed by atoms with Crippen LogP contribution in [-0.4, -0.2) is 10.9 Å². The van der Waals surface area contributed by atoms with Gasteiger partial charge in [-0.3, -0.25) is 4.79 Å². The average molecular weight is 258 g/mol. The quantitative estimate of drug-likeness (QED) is 0.835. The van der Waals surface area contributed by atoms with Crippen molar-refractivity contribution in [2.45, 2.75) is 51.4 Å². The molecule has 1 fully saturated rings. The third-order valence-electron chi connectivity index (χ3n) is 5.48. The Kier molecular flexibility index (Phi) is 2.92. The lowest BCUT2D eigenvalue weighted by atomic mass is 9.54. The summed E-state index contributed by atoms with van der Waals surface area (Å²) in [5, 5.41) is 9.65. The van der Waals surface area contributed by atoms with Crippen molar-refractivity contribution < 1.29 is 9.90 Å². The molecule has 1 N–H and O–H groups in total. The normalized spacial score (nSPS) is 33.7. The van der Waals surface area contributed by atoms with Gasteiger partial charge in [0.1, 0.15) is 11.5 Å². The highest BCUT2D eigenvalue weighted by molar-refractivity contribution is 5.83. The number of phenols is 1. The fourth-order valence-corrected chi connectivity index (χ4v) is 4.44. The van der Waals surface area contributed by atoms with Crippen molar-refractivity contribution >= 4 is 5.78 Å². The highest BCUT2D eigenvalue weighted by Crippen LogP contribution is 2.52. The van der Waals surface area contributed by atoms with Gasteiger partial charge in [-0.2, -0.15) is 0 Å². The summed E-state index contributed by atoms with van der Waals surface area (Å²) in [5.74, 6) is 1.54. The van der Waals surface area contributed by atoms with Gasteiger partial charge in [0.15, 0.2) is 0 Å². The van der Waals surface area contributed by atoms with E-state index < -0.39 is 0 Å². The summed E-state index contributed by atoms with van der Waals surface area (Å²) in [6, 6.07) is 5.79. The Hall–Kier alpha value is -1.31. The number of aromatic hydroxyl groups is 1. The lowest BCUT2D eigenvalue weighted by molar-refractivity contribution is -0.129. The zero-order chi connectivity index (χ0) is 13.6. The van der Waals surface area contributed by atoms with Crippen molar-refractivity contribution in [1.82, 2.24) is 0 Å². The molecule has 3 unspecified atom stereocenters. The monoisotopic (exact) mass is 258 g/mol. The maximum Gasteiger partial charge on any atom is 0.136 e. The number of carbonyl (C=O) groups excluding carboxylic acids is 1. The summed E-state index contributed by atoms with van der Waals surface area (Å²) < 4.78 is 0. The molecule has 2 aliphatic rings. The van der Waals surface area contributed by atoms with Gasteiger partial charge in [0, 0.05) is 12.3 Å². The number of ketones is 1. The Balaban J connectivity index is 2.07. The van der Waals surface area contributed by atoms with Crippen LogP contribution >= 0.6 is 0 Å². The fourth-order valence-electron chi connectivity index (χ4n) is 4.44. The van der Waals surface area contributed by atoms with Crippen LogP contribution in [0.5, 0.6) is 5.75 Å². The fraction of sp³-hybridized carbons (Fsp3) is 0.588. The third kappa shape index (κ3) is 1.80. The average Bonchev–Trinajstić information content (AvgIpc) is 2.39. The van der Waals surface area contributed by atoms with Crippen LogP contribution in [0.3, 0.4) is 0 Å². The molecule has 102 valence electrons. The van der Waals surface area contributed by atoms with Crippen LogP contribution < -0.4 is 0 Å². The number of benzene rings is 1. The highest BCUT2D eigenvalue weighted by atomic mass is 16.3. The minimum atomic E-state index is 0.121. The molecule has 0 radical (unpaired) electrons. The van der Waals surface area contributed by atoms with Crippen molar-refractivity contribution in [1.29, 1.82) is 0 Å². The second-order valence-electron chi connectivity index (χ2n) is 6.39. The van der Waals surface area contributed by atoms with Gasteiger partial charge in [-0.15, -0.1) is 0 Å². The third-order valence-corrected chi connectivity index (χ3v) is 5.48. The summed E-state index contributed by atoms with van der Waals surface area (Å²) in [5.41, 5.74) is 2.77. The number of hydrogen-bond donors (Lipinski definition) is 1. The van der Waals surface area contributed by atoms with Crippen molar-refractivity contribution in [3.63, 3.8) is 0 Å². The zero-order valence-electron chi connectivity index (χ0n) is 11.8. The van der Waals surface area contributed by atoms with E-state index in [0.29, 0.717) is 23.9 Å². The molecule has 19 heavy (non-hydrogen) atoms. The molecular formula is C17H22O2. The molecule has 0 spiro atoms. The van der Waals surface area contributed by atoms with Crippen molar-refractivity contribution in [3.05, 3.63) is 29.3 Å². The maximum absolute atomic E-state index is 12.1. The van der Waals surface area contributed by atoms with Gasteiger partial charge in [-0.25, -0.2) is 0 Å². The molecular weight excluding hydrogens is 236 g/mol. The second kappa shape index (κ2) is 4.36. The smallest absolute Gasteiger partial charge is 0.136 e. The van der Waals surface area contributed by atoms with Gasteiger partial charge in [-0.1, -0.05) is 19.9 Å². The molecule has 1 aromatic carbocycles. The number of fused-ring (bicyclic) bond motifs is 3. The predicted molar refractivity (Wildman–Crippen MR) is 75.3 cm³/mol. The second-order valence-corrected chi connectivity index (χ2v) is 6.39. The van der Waals surface area contributed by atoms with Crippen LogP contribution in [0.2, 0.25) is 0 Å². The summed E-state index contributed by atoms with van der Waals surface area (Å²) >= 11 is 0. The summed E-state index contributed by atoms with van der Waals surface area (Å²) in [7, 11) is 0. The highest BCUT2D eigenvalue weighted by Gasteiger charge is 2.48. The first-order valence-electron chi connectivity index (χ1n) is 7.41. The van der Waals surface area contributed by atoms with Gasteiger partial charge in [0.2, 0.25) is 0 Å². The number of Topliss-reactive ketones (excluding diaryl/α,β-unsaturated/α-hetero) is 1. The number of aryl methyl sites for hydroxylation is 1. The van der Waals surface area contributed by atoms with Crippen molar-refractivity contribution in [2.24, 2.45) is 11.8 Å². The zero-order valence-corrected chi connectivity index (χ0v) is 11.8. The molecule has 3 rings (SSSR count). The molecule has 2 aliphatic carbocycles. The largest absolute Gasteiger partial charge is 0.508 e. The Bertz CT molecular complexity index is 520. The molecule has 2 heteroatoms. The van der Waals surface area contributed by atoms with Crippen LogP contribution in [0.4, 0.5) is 0 Å². The summed E-state index contributed by atoms with van der Waals surface area (Å²) in [6.45, 7) is 4.46. The minimum absolute atomic E-state index is 0.121. The Labute approximate surface area is 114 Å². The Morgan fingerprint density at radius 3 is 2.89 bits per heavy atom. The van der Waals surface area contributed by atoms with E-state index >= 15 is 0 Å². The first-order valence-corrected chi connectivity index (χ1v) is 7.41. The molecule has 0 amide bonds. The number of hydrogen-bond acceptors (Lipinski definition) is 2. The van der Waals surface area contributed by atoms with Crippen LogP contribution in [0.1, 0.15) is 50.7 Å². The van der Waals surface area contributed by atoms with Crippen LogP contribution in [0.15, 0.2) is 18.2 Å². The van der Waals surface area contributed by atoms with E-state index in [1.54, 1.807) is 6.07 Å². The predicted octanol–water partition coefficient (Wildman–Crippen LogP) is 3.60. The SMILES string of the molecule is CCC1C(=O)CCC2(C)c3ccc(O)cc3CCC12. The lowest BCUT2D eigenvalue weighted by Gasteiger charge is -2.49. The molecule has 1 aromatic rings. The molecule has 0 aromatic heterocycles. The van der Waals surface area contributed by atoms with E-state index in [-0.39, 0.29) is 11.3 Å². The van der Waals surface area contributed by atoms with Crippen LogP contribution in [-0.2, 0) is 16.6 Å². The van der Waals surface area contributed by atoms with Gasteiger partial charge < -0.3 is 5.11 Å². The van der Waals surface area contributed by atoms with E-state index in [0.717, 1.165) is 25.7 Å². The maximum atomic E-state index is 12.1. The van der Waals surface area contributed by atoms with Gasteiger partial charge >= 0.3 is 0 Å². The molecule has 0 heterocycles. The molecule has 0 bridgehead atoms. The molecule has 0 aliphatic heterocycles. The van der Waals surface area contributed by atoms with Gasteiger partial charge in [0.25, 0.3) is 0 Å². The Morgan fingerprint density at radius 2 is 2.16 bits per heavy atom.